The summed E-state index contributed by atoms with van der Waals surface area (Å²) in [6, 6.07) is 3.29. The van der Waals surface area contributed by atoms with Gasteiger partial charge in [-0.05, 0) is 45.6 Å². The summed E-state index contributed by atoms with van der Waals surface area (Å²) in [5.41, 5.74) is 0.265. The molecular formula is C22H31N5O6S. The van der Waals surface area contributed by atoms with Crippen LogP contribution in [0.2, 0.25) is 0 Å². The van der Waals surface area contributed by atoms with Crippen LogP contribution in [-0.2, 0) is 10.0 Å². The predicted molar refractivity (Wildman–Crippen MR) is 126 cm³/mol. The number of non-ortho nitro benzene ring substituents is 1. The number of carbonyl (C=O) groups is 1. The molecule has 34 heavy (non-hydrogen) atoms. The molecule has 186 valence electrons. The number of amides is 1. The minimum Gasteiger partial charge on any atom is -0.438 e. The molecule has 2 aromatic rings. The molecular weight excluding hydrogens is 462 g/mol. The van der Waals surface area contributed by atoms with E-state index in [4.69, 9.17) is 4.74 Å². The van der Waals surface area contributed by atoms with Gasteiger partial charge in [0.15, 0.2) is 5.69 Å². The number of hydrogen-bond donors (Lipinski definition) is 1. The summed E-state index contributed by atoms with van der Waals surface area (Å²) in [5.74, 6) is 0.0441. The van der Waals surface area contributed by atoms with Gasteiger partial charge in [0.05, 0.1) is 11.0 Å². The first-order valence-corrected chi connectivity index (χ1v) is 12.7. The van der Waals surface area contributed by atoms with E-state index in [1.54, 1.807) is 6.92 Å². The summed E-state index contributed by atoms with van der Waals surface area (Å²) in [6.07, 6.45) is 1.44. The molecule has 0 saturated carbocycles. The van der Waals surface area contributed by atoms with Gasteiger partial charge in [0, 0.05) is 37.3 Å². The zero-order valence-electron chi connectivity index (χ0n) is 20.1. The van der Waals surface area contributed by atoms with E-state index in [9.17, 15) is 23.3 Å². The monoisotopic (exact) mass is 493 g/mol. The van der Waals surface area contributed by atoms with E-state index in [0.717, 1.165) is 18.9 Å². The number of benzene rings is 1. The Bertz CT molecular complexity index is 1180. The second-order valence-corrected chi connectivity index (χ2v) is 10.9. The Hall–Kier alpha value is -2.99. The smallest absolute Gasteiger partial charge is 0.272 e. The number of carbonyl (C=O) groups excluding carboxylic acids is 1. The number of aromatic nitrogens is 2. The van der Waals surface area contributed by atoms with Crippen LogP contribution in [0.15, 0.2) is 23.1 Å². The summed E-state index contributed by atoms with van der Waals surface area (Å²) >= 11 is 0. The fourth-order valence-electron chi connectivity index (χ4n) is 3.64. The summed E-state index contributed by atoms with van der Waals surface area (Å²) in [7, 11) is -4.02. The number of sulfonamides is 1. The fraction of sp³-hybridized carbons (Fsp3) is 0.545. The average Bonchev–Trinajstić information content (AvgIpc) is 3.42. The molecule has 1 aromatic carbocycles. The van der Waals surface area contributed by atoms with Gasteiger partial charge in [0.1, 0.15) is 10.6 Å². The molecule has 0 spiro atoms. The van der Waals surface area contributed by atoms with E-state index in [0.29, 0.717) is 25.2 Å². The van der Waals surface area contributed by atoms with E-state index in [2.05, 4.69) is 10.4 Å². The van der Waals surface area contributed by atoms with Gasteiger partial charge in [0.25, 0.3) is 11.6 Å². The molecule has 11 nitrogen and oxygen atoms in total. The van der Waals surface area contributed by atoms with Crippen LogP contribution < -0.4 is 10.1 Å². The van der Waals surface area contributed by atoms with Crippen LogP contribution in [0.4, 0.5) is 5.69 Å². The van der Waals surface area contributed by atoms with E-state index < -0.39 is 14.9 Å². The number of nitro benzene ring substituents is 1. The highest BCUT2D eigenvalue weighted by Gasteiger charge is 2.33. The Morgan fingerprint density at radius 3 is 2.44 bits per heavy atom. The molecule has 0 aliphatic carbocycles. The van der Waals surface area contributed by atoms with E-state index in [1.165, 1.54) is 21.1 Å². The molecule has 0 atom stereocenters. The van der Waals surface area contributed by atoms with E-state index >= 15 is 0 Å². The highest BCUT2D eigenvalue weighted by molar-refractivity contribution is 7.89. The lowest BCUT2D eigenvalue weighted by molar-refractivity contribution is -0.385. The zero-order chi connectivity index (χ0) is 25.2. The van der Waals surface area contributed by atoms with Crippen LogP contribution in [0.1, 0.15) is 62.6 Å². The van der Waals surface area contributed by atoms with Crippen LogP contribution in [0.25, 0.3) is 0 Å². The molecule has 3 rings (SSSR count). The van der Waals surface area contributed by atoms with Crippen molar-refractivity contribution in [3.63, 3.8) is 0 Å². The third-order valence-corrected chi connectivity index (χ3v) is 7.41. The number of rotatable bonds is 9. The lowest BCUT2D eigenvalue weighted by Gasteiger charge is -2.19. The summed E-state index contributed by atoms with van der Waals surface area (Å²) in [4.78, 5) is 23.1. The van der Waals surface area contributed by atoms with Crippen molar-refractivity contribution in [1.82, 2.24) is 19.4 Å². The lowest BCUT2D eigenvalue weighted by Crippen LogP contribution is -2.28. The van der Waals surface area contributed by atoms with Crippen molar-refractivity contribution in [2.45, 2.75) is 58.4 Å². The normalized spacial score (nSPS) is 14.7. The van der Waals surface area contributed by atoms with Crippen LogP contribution in [-0.4, -0.2) is 53.0 Å². The molecule has 1 aromatic heterocycles. The van der Waals surface area contributed by atoms with Gasteiger partial charge in [-0.1, -0.05) is 13.8 Å². The molecule has 0 bridgehead atoms. The average molecular weight is 494 g/mol. The predicted octanol–water partition coefficient (Wildman–Crippen LogP) is 3.64. The van der Waals surface area contributed by atoms with E-state index in [-0.39, 0.29) is 45.8 Å². The van der Waals surface area contributed by atoms with E-state index in [1.807, 2.05) is 27.7 Å². The standard InChI is InChI=1S/C22H31N5O6S/c1-14(2)13-23-21(28)20-16(5)22(26(24-20)15(3)4)33-18-9-8-17(27(29)30)12-19(18)34(31,32)25-10-6-7-11-25/h8-9,12,14-15H,6-7,10-11,13H2,1-5H3,(H,23,28). The van der Waals surface area contributed by atoms with Gasteiger partial charge >= 0.3 is 0 Å². The number of nitrogens with one attached hydrogen (secondary N) is 1. The number of ether oxygens (including phenoxy) is 1. The molecule has 1 aliphatic rings. The van der Waals surface area contributed by atoms with Crippen LogP contribution in [0, 0.1) is 23.0 Å². The van der Waals surface area contributed by atoms with Gasteiger partial charge in [-0.3, -0.25) is 14.9 Å². The maximum absolute atomic E-state index is 13.3. The third-order valence-electron chi connectivity index (χ3n) is 5.49. The lowest BCUT2D eigenvalue weighted by atomic mass is 10.2. The number of nitro groups is 1. The van der Waals surface area contributed by atoms with Crippen molar-refractivity contribution < 1.29 is 22.9 Å². The quantitative estimate of drug-likeness (QED) is 0.416. The van der Waals surface area contributed by atoms with Crippen molar-refractivity contribution in [1.29, 1.82) is 0 Å². The molecule has 12 heteroatoms. The maximum Gasteiger partial charge on any atom is 0.272 e. The second kappa shape index (κ2) is 10.1. The Morgan fingerprint density at radius 2 is 1.88 bits per heavy atom. The third kappa shape index (κ3) is 5.22. The first kappa shape index (κ1) is 25.6. The van der Waals surface area contributed by atoms with Crippen molar-refractivity contribution in [2.75, 3.05) is 19.6 Å². The molecule has 1 N–H and O–H groups in total. The molecule has 1 fully saturated rings. The Morgan fingerprint density at radius 1 is 1.24 bits per heavy atom. The summed E-state index contributed by atoms with van der Waals surface area (Å²) in [5, 5.41) is 18.6. The molecule has 2 heterocycles. The Kier molecular flexibility index (Phi) is 7.61. The molecule has 1 amide bonds. The van der Waals surface area contributed by atoms with Crippen LogP contribution in [0.3, 0.4) is 0 Å². The maximum atomic E-state index is 13.3. The number of nitrogens with zero attached hydrogens (tertiary/aromatic N) is 4. The Labute approximate surface area is 199 Å². The van der Waals surface area contributed by atoms with Crippen molar-refractivity contribution in [3.8, 4) is 11.6 Å². The van der Waals surface area contributed by atoms with Crippen LogP contribution in [0.5, 0.6) is 11.6 Å². The van der Waals surface area contributed by atoms with Gasteiger partial charge < -0.3 is 10.1 Å². The first-order chi connectivity index (χ1) is 15.9. The van der Waals surface area contributed by atoms with Gasteiger partial charge in [-0.15, -0.1) is 0 Å². The SMILES string of the molecule is Cc1c(C(=O)NCC(C)C)nn(C(C)C)c1Oc1ccc([N+](=O)[O-])cc1S(=O)(=O)N1CCCC1. The zero-order valence-corrected chi connectivity index (χ0v) is 20.9. The summed E-state index contributed by atoms with van der Waals surface area (Å²) in [6.45, 7) is 10.5. The molecule has 1 aliphatic heterocycles. The van der Waals surface area contributed by atoms with Crippen molar-refractivity contribution >= 4 is 21.6 Å². The van der Waals surface area contributed by atoms with Gasteiger partial charge in [-0.25, -0.2) is 13.1 Å². The molecule has 0 radical (unpaired) electrons. The topological polar surface area (TPSA) is 137 Å². The Balaban J connectivity index is 2.08. The van der Waals surface area contributed by atoms with Crippen LogP contribution >= 0.6 is 0 Å². The number of hydrogen-bond acceptors (Lipinski definition) is 7. The highest BCUT2D eigenvalue weighted by Crippen LogP contribution is 2.37. The molecule has 1 saturated heterocycles. The van der Waals surface area contributed by atoms with Crippen molar-refractivity contribution in [3.05, 3.63) is 39.6 Å². The highest BCUT2D eigenvalue weighted by atomic mass is 32.2. The van der Waals surface area contributed by atoms with Gasteiger partial charge in [0.2, 0.25) is 15.9 Å². The molecule has 0 unspecified atom stereocenters. The first-order valence-electron chi connectivity index (χ1n) is 11.3. The van der Waals surface area contributed by atoms with Crippen molar-refractivity contribution in [2.24, 2.45) is 5.92 Å². The van der Waals surface area contributed by atoms with Gasteiger partial charge in [-0.2, -0.15) is 9.40 Å². The fourth-order valence-corrected chi connectivity index (χ4v) is 5.29. The largest absolute Gasteiger partial charge is 0.438 e. The minimum atomic E-state index is -4.02. The second-order valence-electron chi connectivity index (χ2n) is 9.02. The summed E-state index contributed by atoms with van der Waals surface area (Å²) < 4.78 is 35.5. The minimum absolute atomic E-state index is 0.0588.